The van der Waals surface area contributed by atoms with E-state index in [0.717, 1.165) is 37.3 Å². The van der Waals surface area contributed by atoms with Crippen molar-refractivity contribution in [3.8, 4) is 0 Å². The van der Waals surface area contributed by atoms with Crippen molar-refractivity contribution in [3.05, 3.63) is 71.3 Å². The zero-order valence-corrected chi connectivity index (χ0v) is 15.9. The van der Waals surface area contributed by atoms with Gasteiger partial charge in [-0.3, -0.25) is 9.80 Å². The molecule has 4 nitrogen and oxygen atoms in total. The predicted molar refractivity (Wildman–Crippen MR) is 103 cm³/mol. The first-order valence-corrected chi connectivity index (χ1v) is 9.20. The average Bonchev–Trinajstić information content (AvgIpc) is 2.65. The van der Waals surface area contributed by atoms with Crippen molar-refractivity contribution >= 4 is 11.6 Å². The van der Waals surface area contributed by atoms with Crippen LogP contribution in [-0.4, -0.2) is 58.2 Å². The largest absolute Gasteiger partial charge is 0.412 e. The Balaban J connectivity index is 0.00000261. The highest BCUT2D eigenvalue weighted by Crippen LogP contribution is 2.30. The summed E-state index contributed by atoms with van der Waals surface area (Å²) in [5.74, 6) is -0.559. The SMILES string of the molecule is CC(O)C(Cl)N1CCN(C(c2ccc(F)cc2)c2ccc(F)cc2)CC1.O. The molecule has 3 rings (SSSR count). The summed E-state index contributed by atoms with van der Waals surface area (Å²) < 4.78 is 26.7. The Kier molecular flexibility index (Phi) is 7.70. The number of rotatable bonds is 5. The second-order valence-corrected chi connectivity index (χ2v) is 7.14. The molecule has 148 valence electrons. The number of nitrogens with zero attached hydrogens (tertiary/aromatic N) is 2. The van der Waals surface area contributed by atoms with Crippen molar-refractivity contribution in [2.75, 3.05) is 26.2 Å². The first kappa shape index (κ1) is 21.7. The van der Waals surface area contributed by atoms with Crippen molar-refractivity contribution in [1.29, 1.82) is 0 Å². The van der Waals surface area contributed by atoms with E-state index in [1.54, 1.807) is 31.2 Å². The lowest BCUT2D eigenvalue weighted by Gasteiger charge is -2.41. The van der Waals surface area contributed by atoms with Crippen molar-refractivity contribution < 1.29 is 19.4 Å². The van der Waals surface area contributed by atoms with Gasteiger partial charge in [0.05, 0.1) is 12.1 Å². The second-order valence-electron chi connectivity index (χ2n) is 6.69. The van der Waals surface area contributed by atoms with Gasteiger partial charge in [0.2, 0.25) is 0 Å². The Bertz CT molecular complexity index is 659. The number of hydrogen-bond acceptors (Lipinski definition) is 3. The highest BCUT2D eigenvalue weighted by molar-refractivity contribution is 6.20. The monoisotopic (exact) mass is 398 g/mol. The highest BCUT2D eigenvalue weighted by Gasteiger charge is 2.30. The molecule has 0 radical (unpaired) electrons. The van der Waals surface area contributed by atoms with Gasteiger partial charge in [-0.25, -0.2) is 8.78 Å². The van der Waals surface area contributed by atoms with E-state index in [-0.39, 0.29) is 23.2 Å². The number of aliphatic hydroxyl groups is 1. The molecule has 0 aromatic heterocycles. The summed E-state index contributed by atoms with van der Waals surface area (Å²) in [7, 11) is 0. The minimum Gasteiger partial charge on any atom is -0.412 e. The topological polar surface area (TPSA) is 58.2 Å². The normalized spacial score (nSPS) is 18.1. The van der Waals surface area contributed by atoms with Gasteiger partial charge in [-0.05, 0) is 42.3 Å². The molecular weight excluding hydrogens is 374 g/mol. The van der Waals surface area contributed by atoms with E-state index >= 15 is 0 Å². The van der Waals surface area contributed by atoms with E-state index in [1.165, 1.54) is 24.3 Å². The van der Waals surface area contributed by atoms with E-state index in [2.05, 4.69) is 9.80 Å². The zero-order chi connectivity index (χ0) is 18.7. The van der Waals surface area contributed by atoms with Crippen LogP contribution in [0.2, 0.25) is 0 Å². The smallest absolute Gasteiger partial charge is 0.123 e. The van der Waals surface area contributed by atoms with Gasteiger partial charge in [0.25, 0.3) is 0 Å². The lowest BCUT2D eigenvalue weighted by Crippen LogP contribution is -2.52. The quantitative estimate of drug-likeness (QED) is 0.622. The summed E-state index contributed by atoms with van der Waals surface area (Å²) in [4.78, 5) is 4.33. The molecule has 2 aromatic carbocycles. The average molecular weight is 399 g/mol. The molecular formula is C20H25ClF2N2O2. The molecule has 0 saturated carbocycles. The molecule has 0 bridgehead atoms. The van der Waals surface area contributed by atoms with Crippen LogP contribution in [-0.2, 0) is 0 Å². The number of aliphatic hydroxyl groups excluding tert-OH is 1. The maximum atomic E-state index is 13.4. The number of alkyl halides is 1. The molecule has 2 atom stereocenters. The summed E-state index contributed by atoms with van der Waals surface area (Å²) in [5, 5.41) is 9.70. The van der Waals surface area contributed by atoms with Crippen LogP contribution in [0.1, 0.15) is 24.1 Å². The molecule has 2 unspecified atom stereocenters. The zero-order valence-electron chi connectivity index (χ0n) is 15.2. The molecule has 1 fully saturated rings. The molecule has 3 N–H and O–H groups in total. The molecule has 0 spiro atoms. The number of hydrogen-bond donors (Lipinski definition) is 1. The van der Waals surface area contributed by atoms with Crippen molar-refractivity contribution in [2.45, 2.75) is 24.6 Å². The fraction of sp³-hybridized carbons (Fsp3) is 0.400. The van der Waals surface area contributed by atoms with Crippen LogP contribution in [0.15, 0.2) is 48.5 Å². The van der Waals surface area contributed by atoms with Gasteiger partial charge in [-0.15, -0.1) is 11.6 Å². The molecule has 1 aliphatic heterocycles. The minimum absolute atomic E-state index is 0. The summed E-state index contributed by atoms with van der Waals surface area (Å²) >= 11 is 6.26. The fourth-order valence-corrected chi connectivity index (χ4v) is 3.65. The summed E-state index contributed by atoms with van der Waals surface area (Å²) in [6.45, 7) is 4.62. The first-order chi connectivity index (χ1) is 12.5. The predicted octanol–water partition coefficient (Wildman–Crippen LogP) is 2.79. The highest BCUT2D eigenvalue weighted by atomic mass is 35.5. The van der Waals surface area contributed by atoms with Gasteiger partial charge in [0, 0.05) is 26.2 Å². The van der Waals surface area contributed by atoms with Crippen LogP contribution in [0.25, 0.3) is 0 Å². The van der Waals surface area contributed by atoms with Gasteiger partial charge in [-0.2, -0.15) is 0 Å². The van der Waals surface area contributed by atoms with Crippen molar-refractivity contribution in [1.82, 2.24) is 9.80 Å². The second kappa shape index (κ2) is 9.57. The molecule has 0 amide bonds. The molecule has 1 saturated heterocycles. The van der Waals surface area contributed by atoms with Crippen LogP contribution in [0.5, 0.6) is 0 Å². The number of benzene rings is 2. The van der Waals surface area contributed by atoms with Crippen LogP contribution in [0.3, 0.4) is 0 Å². The molecule has 2 aromatic rings. The lowest BCUT2D eigenvalue weighted by molar-refractivity contribution is 0.0526. The lowest BCUT2D eigenvalue weighted by atomic mass is 9.96. The van der Waals surface area contributed by atoms with E-state index in [9.17, 15) is 13.9 Å². The van der Waals surface area contributed by atoms with E-state index in [0.29, 0.717) is 0 Å². The summed E-state index contributed by atoms with van der Waals surface area (Å²) in [6, 6.07) is 12.8. The van der Waals surface area contributed by atoms with Crippen LogP contribution >= 0.6 is 11.6 Å². The Morgan fingerprint density at radius 3 is 1.56 bits per heavy atom. The molecule has 1 aliphatic rings. The van der Waals surface area contributed by atoms with E-state index in [1.807, 2.05) is 0 Å². The Morgan fingerprint density at radius 2 is 1.19 bits per heavy atom. The standard InChI is InChI=1S/C20H23ClF2N2O.H2O/c1-14(26)20(21)25-12-10-24(11-13-25)19(15-2-6-17(22)7-3-15)16-4-8-18(23)9-5-16;/h2-9,14,19-20,26H,10-13H2,1H3;1H2. The van der Waals surface area contributed by atoms with Gasteiger partial charge >= 0.3 is 0 Å². The maximum Gasteiger partial charge on any atom is 0.123 e. The van der Waals surface area contributed by atoms with Gasteiger partial charge in [-0.1, -0.05) is 24.3 Å². The van der Waals surface area contributed by atoms with Crippen molar-refractivity contribution in [2.24, 2.45) is 0 Å². The van der Waals surface area contributed by atoms with Gasteiger partial charge in [0.15, 0.2) is 0 Å². The summed E-state index contributed by atoms with van der Waals surface area (Å²) in [6.07, 6.45) is -0.604. The molecule has 1 heterocycles. The van der Waals surface area contributed by atoms with E-state index < -0.39 is 11.6 Å². The van der Waals surface area contributed by atoms with E-state index in [4.69, 9.17) is 11.6 Å². The summed E-state index contributed by atoms with van der Waals surface area (Å²) in [5.41, 5.74) is 1.51. The number of piperazine rings is 1. The Morgan fingerprint density at radius 1 is 0.815 bits per heavy atom. The third-order valence-electron chi connectivity index (χ3n) is 4.83. The Hall–Kier alpha value is -1.57. The fourth-order valence-electron chi connectivity index (χ4n) is 3.45. The minimum atomic E-state index is -0.604. The molecule has 0 aliphatic carbocycles. The maximum absolute atomic E-state index is 13.4. The Labute approximate surface area is 163 Å². The van der Waals surface area contributed by atoms with Gasteiger partial charge < -0.3 is 10.6 Å². The third kappa shape index (κ3) is 5.24. The van der Waals surface area contributed by atoms with Gasteiger partial charge in [0.1, 0.15) is 17.1 Å². The molecule has 27 heavy (non-hydrogen) atoms. The van der Waals surface area contributed by atoms with Crippen molar-refractivity contribution in [3.63, 3.8) is 0 Å². The first-order valence-electron chi connectivity index (χ1n) is 8.77. The third-order valence-corrected chi connectivity index (χ3v) is 5.47. The van der Waals surface area contributed by atoms with Crippen LogP contribution in [0, 0.1) is 11.6 Å². The molecule has 7 heteroatoms. The van der Waals surface area contributed by atoms with Crippen LogP contribution < -0.4 is 0 Å². The number of halogens is 3. The van der Waals surface area contributed by atoms with Crippen LogP contribution in [0.4, 0.5) is 8.78 Å².